The van der Waals surface area contributed by atoms with Gasteiger partial charge >= 0.3 is 0 Å². The van der Waals surface area contributed by atoms with E-state index in [2.05, 4.69) is 9.80 Å². The van der Waals surface area contributed by atoms with Crippen LogP contribution in [0.4, 0.5) is 14.5 Å². The molecule has 8 nitrogen and oxygen atoms in total. The van der Waals surface area contributed by atoms with Crippen molar-refractivity contribution in [3.63, 3.8) is 0 Å². The zero-order valence-electron chi connectivity index (χ0n) is 29.5. The number of sulfonamides is 1. The molecule has 274 valence electrons. The van der Waals surface area contributed by atoms with Crippen molar-refractivity contribution >= 4 is 53.0 Å². The maximum Gasteiger partial charge on any atom is 0.285 e. The number of para-hydroxylation sites is 1. The molecule has 53 heavy (non-hydrogen) atoms. The number of aromatic nitrogens is 1. The normalized spacial score (nSPS) is 19.5. The first-order valence-corrected chi connectivity index (χ1v) is 20.7. The molecule has 0 amide bonds. The van der Waals surface area contributed by atoms with E-state index < -0.39 is 37.1 Å². The lowest BCUT2D eigenvalue weighted by Crippen LogP contribution is -2.40. The maximum absolute atomic E-state index is 17.4. The molecule has 0 radical (unpaired) electrons. The van der Waals surface area contributed by atoms with E-state index in [1.807, 2.05) is 26.2 Å². The van der Waals surface area contributed by atoms with E-state index >= 15 is 21.2 Å². The van der Waals surface area contributed by atoms with Gasteiger partial charge in [-0.25, -0.2) is 25.5 Å². The molecule has 1 atom stereocenters. The van der Waals surface area contributed by atoms with Gasteiger partial charge in [0.1, 0.15) is 5.82 Å². The quantitative estimate of drug-likeness (QED) is 0.175. The monoisotopic (exact) mass is 754 g/mol. The van der Waals surface area contributed by atoms with Crippen LogP contribution < -0.4 is 4.31 Å². The van der Waals surface area contributed by atoms with Crippen molar-refractivity contribution < 1.29 is 25.6 Å². The van der Waals surface area contributed by atoms with Crippen LogP contribution in [0, 0.1) is 5.82 Å². The molecule has 0 bridgehead atoms. The molecule has 3 aliphatic rings. The van der Waals surface area contributed by atoms with Crippen molar-refractivity contribution in [3.8, 4) is 0 Å². The average Bonchev–Trinajstić information content (AvgIpc) is 3.24. The van der Waals surface area contributed by atoms with Crippen molar-refractivity contribution in [2.75, 3.05) is 44.6 Å². The fourth-order valence-electron chi connectivity index (χ4n) is 7.86. The van der Waals surface area contributed by atoms with Gasteiger partial charge in [0.2, 0.25) is 0 Å². The Bertz CT molecular complexity index is 2590. The standard InChI is InChI=1S/C41H40F2N4O4S2/c1-44-22-8-12-29(20-24-44)35-27-46(36-19-18-31(42)26-34(35)36)53(50,51)41-39(30-13-9-23-45(2)25-21-30)40(43)33-15-5-6-16-37(33)47(41)52(48,49)38-17-7-11-28-10-3-4-14-32(28)38/h3-7,10-12,14-19,21,26-27,40H,8-9,13,20,22-25H2,1-2H3. The van der Waals surface area contributed by atoms with Gasteiger partial charge in [0.25, 0.3) is 20.0 Å². The Kier molecular flexibility index (Phi) is 9.13. The summed E-state index contributed by atoms with van der Waals surface area (Å²) in [5.41, 5.74) is 1.76. The third-order valence-corrected chi connectivity index (χ3v) is 14.2. The van der Waals surface area contributed by atoms with Crippen LogP contribution in [-0.2, 0) is 20.0 Å². The Morgan fingerprint density at radius 1 is 0.736 bits per heavy atom. The topological polar surface area (TPSA) is 82.9 Å². The van der Waals surface area contributed by atoms with E-state index in [1.54, 1.807) is 48.5 Å². The third kappa shape index (κ3) is 6.11. The van der Waals surface area contributed by atoms with Crippen LogP contribution in [0.25, 0.3) is 27.2 Å². The lowest BCUT2D eigenvalue weighted by atomic mass is 9.91. The number of likely N-dealkylation sites (N-methyl/N-ethyl adjacent to an activating group) is 1. The van der Waals surface area contributed by atoms with Crippen LogP contribution in [0.5, 0.6) is 0 Å². The van der Waals surface area contributed by atoms with Gasteiger partial charge in [-0.15, -0.1) is 0 Å². The Morgan fingerprint density at radius 2 is 1.51 bits per heavy atom. The molecule has 12 heteroatoms. The minimum Gasteiger partial charge on any atom is -0.306 e. The molecule has 5 aromatic rings. The summed E-state index contributed by atoms with van der Waals surface area (Å²) in [6.45, 7) is 2.65. The maximum atomic E-state index is 17.4. The predicted octanol–water partition coefficient (Wildman–Crippen LogP) is 8.00. The van der Waals surface area contributed by atoms with E-state index in [1.165, 1.54) is 42.6 Å². The summed E-state index contributed by atoms with van der Waals surface area (Å²) in [5.74, 6) is -0.538. The molecule has 1 aromatic heterocycles. The Morgan fingerprint density at radius 3 is 2.36 bits per heavy atom. The molecule has 4 heterocycles. The van der Waals surface area contributed by atoms with E-state index in [9.17, 15) is 4.39 Å². The number of alkyl halides is 1. The van der Waals surface area contributed by atoms with Gasteiger partial charge in [-0.3, -0.25) is 0 Å². The second kappa shape index (κ2) is 13.7. The third-order valence-electron chi connectivity index (χ3n) is 10.6. The second-order valence-electron chi connectivity index (χ2n) is 14.1. The van der Waals surface area contributed by atoms with Gasteiger partial charge in [0.05, 0.1) is 16.1 Å². The molecule has 3 aliphatic heterocycles. The fraction of sp³-hybridized carbons (Fsp3) is 0.268. The molecule has 1 unspecified atom stereocenters. The zero-order chi connectivity index (χ0) is 37.1. The van der Waals surface area contributed by atoms with E-state index in [0.717, 1.165) is 33.4 Å². The lowest BCUT2D eigenvalue weighted by molar-refractivity contribution is 0.355. The van der Waals surface area contributed by atoms with Crippen LogP contribution in [0.3, 0.4) is 0 Å². The van der Waals surface area contributed by atoms with Gasteiger partial charge in [0.15, 0.2) is 11.2 Å². The van der Waals surface area contributed by atoms with Crippen LogP contribution >= 0.6 is 0 Å². The Hall–Kier alpha value is -4.62. The van der Waals surface area contributed by atoms with E-state index in [-0.39, 0.29) is 27.2 Å². The molecule has 8 rings (SSSR count). The summed E-state index contributed by atoms with van der Waals surface area (Å²) in [4.78, 5) is 4.11. The molecule has 0 fully saturated rings. The summed E-state index contributed by atoms with van der Waals surface area (Å²) in [6.07, 6.45) is 5.62. The van der Waals surface area contributed by atoms with Crippen molar-refractivity contribution in [1.82, 2.24) is 13.8 Å². The summed E-state index contributed by atoms with van der Waals surface area (Å²) in [6, 6.07) is 21.9. The number of allylic oxidation sites excluding steroid dienone is 2. The van der Waals surface area contributed by atoms with Crippen molar-refractivity contribution in [2.24, 2.45) is 0 Å². The summed E-state index contributed by atoms with van der Waals surface area (Å²) in [7, 11) is -5.74. The molecule has 0 saturated carbocycles. The lowest BCUT2D eigenvalue weighted by Gasteiger charge is -2.36. The van der Waals surface area contributed by atoms with Gasteiger partial charge in [-0.05, 0) is 93.2 Å². The number of hydrogen-bond acceptors (Lipinski definition) is 6. The van der Waals surface area contributed by atoms with Crippen molar-refractivity contribution in [3.05, 3.63) is 136 Å². The minimum absolute atomic E-state index is 0.0524. The first-order valence-electron chi connectivity index (χ1n) is 17.8. The van der Waals surface area contributed by atoms with Crippen LogP contribution in [0.15, 0.2) is 124 Å². The number of hydrogen-bond donors (Lipinski definition) is 0. The molecular formula is C41H40F2N4O4S2. The molecule has 0 spiro atoms. The van der Waals surface area contributed by atoms with E-state index in [0.29, 0.717) is 59.6 Å². The second-order valence-corrected chi connectivity index (χ2v) is 17.5. The Labute approximate surface area is 309 Å². The van der Waals surface area contributed by atoms with Gasteiger partial charge < -0.3 is 9.80 Å². The number of anilines is 1. The van der Waals surface area contributed by atoms with Crippen LogP contribution in [0.1, 0.15) is 43.0 Å². The summed E-state index contributed by atoms with van der Waals surface area (Å²) < 4.78 is 96.3. The first kappa shape index (κ1) is 35.4. The van der Waals surface area contributed by atoms with Crippen molar-refractivity contribution in [2.45, 2.75) is 36.8 Å². The number of nitrogens with zero attached hydrogens (tertiary/aromatic N) is 4. The number of benzene rings is 4. The zero-order valence-corrected chi connectivity index (χ0v) is 31.2. The highest BCUT2D eigenvalue weighted by molar-refractivity contribution is 7.98. The smallest absolute Gasteiger partial charge is 0.285 e. The van der Waals surface area contributed by atoms with Gasteiger partial charge in [0, 0.05) is 53.3 Å². The van der Waals surface area contributed by atoms with Crippen LogP contribution in [-0.4, -0.2) is 70.9 Å². The van der Waals surface area contributed by atoms with E-state index in [4.69, 9.17) is 0 Å². The number of rotatable bonds is 6. The molecule has 0 saturated heterocycles. The SMILES string of the molecule is CN1CC=C(C2=C(S(=O)(=O)n3cc(C4=CCCN(C)CC4)c4cc(F)ccc43)N(S(=O)(=O)c3cccc4ccccc34)c3ccccc3C2F)CCC1. The minimum atomic E-state index is -4.94. The first-order chi connectivity index (χ1) is 25.5. The molecule has 4 aromatic carbocycles. The largest absolute Gasteiger partial charge is 0.306 e. The van der Waals surface area contributed by atoms with Gasteiger partial charge in [-0.2, -0.15) is 8.42 Å². The van der Waals surface area contributed by atoms with Crippen LogP contribution in [0.2, 0.25) is 0 Å². The summed E-state index contributed by atoms with van der Waals surface area (Å²) >= 11 is 0. The predicted molar refractivity (Wildman–Crippen MR) is 207 cm³/mol. The highest BCUT2D eigenvalue weighted by Gasteiger charge is 2.47. The summed E-state index contributed by atoms with van der Waals surface area (Å²) in [5, 5.41) is 0.752. The van der Waals surface area contributed by atoms with Crippen molar-refractivity contribution in [1.29, 1.82) is 0 Å². The Balaban J connectivity index is 1.45. The number of fused-ring (bicyclic) bond motifs is 3. The molecular weight excluding hydrogens is 715 g/mol. The number of halogens is 2. The highest BCUT2D eigenvalue weighted by atomic mass is 32.2. The average molecular weight is 755 g/mol. The van der Waals surface area contributed by atoms with Gasteiger partial charge in [-0.1, -0.05) is 66.7 Å². The molecule has 0 N–H and O–H groups in total. The molecule has 0 aliphatic carbocycles. The highest BCUT2D eigenvalue weighted by Crippen LogP contribution is 2.50. The fourth-order valence-corrected chi connectivity index (χ4v) is 11.8.